The van der Waals surface area contributed by atoms with Gasteiger partial charge in [-0.3, -0.25) is 5.32 Å². The lowest BCUT2D eigenvalue weighted by atomic mass is 9.88. The second-order valence-electron chi connectivity index (χ2n) is 15.7. The highest BCUT2D eigenvalue weighted by Crippen LogP contribution is 2.64. The van der Waals surface area contributed by atoms with Gasteiger partial charge in [-0.2, -0.15) is 74.6 Å². The minimum absolute atomic E-state index is 0.0730. The topological polar surface area (TPSA) is 92.3 Å². The Morgan fingerprint density at radius 3 is 1.63 bits per heavy atom. The molecule has 1 atom stereocenters. The van der Waals surface area contributed by atoms with Crippen LogP contribution in [-0.4, -0.2) is 94.9 Å². The number of ether oxygens (including phenoxy) is 4. The minimum Gasteiger partial charge on any atom is -0.497 e. The number of alkyl halides is 17. The van der Waals surface area contributed by atoms with Crippen molar-refractivity contribution < 1.29 is 108 Å². The zero-order valence-corrected chi connectivity index (χ0v) is 38.1. The van der Waals surface area contributed by atoms with Gasteiger partial charge in [0.2, 0.25) is 0 Å². The summed E-state index contributed by atoms with van der Waals surface area (Å²) < 4.78 is 263. The van der Waals surface area contributed by atoms with Crippen LogP contribution in [0.4, 0.5) is 85.1 Å². The maximum absolute atomic E-state index is 15.0. The number of benzene rings is 2. The molecule has 8 nitrogen and oxygen atoms in total. The summed E-state index contributed by atoms with van der Waals surface area (Å²) in [4.78, 5) is 24.7. The van der Waals surface area contributed by atoms with Gasteiger partial charge in [0.25, 0.3) is 0 Å². The highest BCUT2D eigenvalue weighted by Gasteiger charge is 2.95. The first-order valence-electron chi connectivity index (χ1n) is 20.1. The predicted molar refractivity (Wildman–Crippen MR) is 214 cm³/mol. The highest BCUT2D eigenvalue weighted by atomic mass is 28.4. The van der Waals surface area contributed by atoms with Crippen molar-refractivity contribution in [3.63, 3.8) is 0 Å². The smallest absolute Gasteiger partial charge is 0.460 e. The zero-order chi connectivity index (χ0) is 52.5. The lowest BCUT2D eigenvalue weighted by Gasteiger charge is -2.44. The zero-order valence-electron chi connectivity index (χ0n) is 37.1. The van der Waals surface area contributed by atoms with E-state index in [0.717, 1.165) is 0 Å². The van der Waals surface area contributed by atoms with E-state index in [0.29, 0.717) is 22.6 Å². The van der Waals surface area contributed by atoms with E-state index in [9.17, 15) is 75.4 Å². The van der Waals surface area contributed by atoms with Crippen LogP contribution in [0.3, 0.4) is 0 Å². The van der Waals surface area contributed by atoms with E-state index in [2.05, 4.69) is 5.32 Å². The number of hydrogen-bond donors (Lipinski definition) is 1. The number of esters is 1. The monoisotopic (exact) mass is 1030 g/mol. The number of hydrogen-bond acceptors (Lipinski definition) is 7. The summed E-state index contributed by atoms with van der Waals surface area (Å²) in [5.74, 6) is -56.8. The van der Waals surface area contributed by atoms with Gasteiger partial charge in [0.15, 0.2) is 8.32 Å². The number of nitrogens with one attached hydrogen (secondary N) is 1. The van der Waals surface area contributed by atoms with E-state index >= 15 is 8.78 Å². The first-order chi connectivity index (χ1) is 30.9. The number of allylic oxidation sites excluding steroid dienone is 2. The Hall–Kier alpha value is -4.75. The highest BCUT2D eigenvalue weighted by molar-refractivity contribution is 6.76. The van der Waals surface area contributed by atoms with Crippen molar-refractivity contribution in [3.8, 4) is 11.5 Å². The van der Waals surface area contributed by atoms with Crippen LogP contribution in [0.5, 0.6) is 11.5 Å². The molecule has 0 aromatic heterocycles. The Labute approximate surface area is 380 Å². The van der Waals surface area contributed by atoms with Gasteiger partial charge in [-0.25, -0.2) is 9.59 Å². The Kier molecular flexibility index (Phi) is 19.5. The summed E-state index contributed by atoms with van der Waals surface area (Å²) in [6.07, 6.45) is -7.72. The van der Waals surface area contributed by atoms with Crippen LogP contribution in [0.25, 0.3) is 0 Å². The third-order valence-electron chi connectivity index (χ3n) is 10.5. The normalized spacial score (nSPS) is 14.6. The molecular weight excluding hydrogens is 982 g/mol. The molecule has 0 spiro atoms. The minimum atomic E-state index is -8.70. The van der Waals surface area contributed by atoms with Gasteiger partial charge in [0.1, 0.15) is 24.2 Å². The van der Waals surface area contributed by atoms with Crippen molar-refractivity contribution in [3.05, 3.63) is 77.9 Å². The molecule has 0 heterocycles. The first kappa shape index (κ1) is 59.4. The third kappa shape index (κ3) is 12.7. The van der Waals surface area contributed by atoms with Crippen LogP contribution < -0.4 is 14.8 Å². The van der Waals surface area contributed by atoms with Crippen molar-refractivity contribution >= 4 is 26.1 Å². The lowest BCUT2D eigenvalue weighted by Crippen LogP contribution is -2.74. The molecule has 0 aliphatic carbocycles. The molecule has 1 amide bonds. The number of methoxy groups -OCH3 is 1. The fraction of sp³-hybridized carbons (Fsp3) is 0.571. The standard InChI is InChI=1S/C42H48F17NO7Si/c1-8-64-33(61)24-27(6)10-9-11-32(67-34(62)60-29-14-18-30(63-7)19-15-29)28-12-16-31(17-13-28)65-21-22-66-68(25(2)3,26(4)5)23-20-35(43,44)36(45,46)37(47,48)38(49,50)39(51,52)40(53,54)41(55,56)42(57,58)59/h9-10,12-19,24-26,32H,8,11,20-23H2,1-7H3,(H,60,62)/b10-9+,27-24+/t32-/m1/s1. The van der Waals surface area contributed by atoms with Gasteiger partial charge in [-0.1, -0.05) is 52.0 Å². The fourth-order valence-corrected chi connectivity index (χ4v) is 11.0. The van der Waals surface area contributed by atoms with Crippen LogP contribution in [0, 0.1) is 0 Å². The van der Waals surface area contributed by atoms with Gasteiger partial charge >= 0.3 is 59.7 Å². The van der Waals surface area contributed by atoms with E-state index < -0.39 is 111 Å². The summed E-state index contributed by atoms with van der Waals surface area (Å²) in [7, 11) is -2.57. The second-order valence-corrected chi connectivity index (χ2v) is 20.7. The third-order valence-corrected chi connectivity index (χ3v) is 16.2. The van der Waals surface area contributed by atoms with Crippen molar-refractivity contribution in [2.24, 2.45) is 0 Å². The van der Waals surface area contributed by atoms with Crippen LogP contribution in [0.15, 0.2) is 72.3 Å². The predicted octanol–water partition coefficient (Wildman–Crippen LogP) is 14.0. The molecule has 2 aromatic carbocycles. The van der Waals surface area contributed by atoms with Crippen molar-refractivity contribution in [1.82, 2.24) is 0 Å². The van der Waals surface area contributed by atoms with Gasteiger partial charge in [0.05, 0.1) is 20.3 Å². The summed E-state index contributed by atoms with van der Waals surface area (Å²) in [5.41, 5.74) is -0.500. The molecule has 26 heteroatoms. The Bertz CT molecular complexity index is 2020. The van der Waals surface area contributed by atoms with Crippen LogP contribution >= 0.6 is 0 Å². The van der Waals surface area contributed by atoms with Gasteiger partial charge in [-0.05, 0) is 78.5 Å². The maximum atomic E-state index is 15.0. The summed E-state index contributed by atoms with van der Waals surface area (Å²) >= 11 is 0. The van der Waals surface area contributed by atoms with Gasteiger partial charge in [0, 0.05) is 24.6 Å². The Morgan fingerprint density at radius 1 is 0.676 bits per heavy atom. The average molecular weight is 1030 g/mol. The maximum Gasteiger partial charge on any atom is 0.460 e. The molecule has 0 radical (unpaired) electrons. The molecule has 0 fully saturated rings. The van der Waals surface area contributed by atoms with Crippen LogP contribution in [0.1, 0.15) is 66.1 Å². The Morgan fingerprint density at radius 2 is 1.16 bits per heavy atom. The molecule has 0 saturated carbocycles. The lowest BCUT2D eigenvalue weighted by molar-refractivity contribution is -0.461. The molecule has 2 aromatic rings. The quantitative estimate of drug-likeness (QED) is 0.0264. The van der Waals surface area contributed by atoms with Crippen molar-refractivity contribution in [2.75, 3.05) is 32.2 Å². The molecule has 0 saturated heterocycles. The molecule has 0 bridgehead atoms. The molecule has 68 heavy (non-hydrogen) atoms. The van der Waals surface area contributed by atoms with E-state index in [4.69, 9.17) is 23.4 Å². The van der Waals surface area contributed by atoms with E-state index in [-0.39, 0.29) is 18.8 Å². The molecule has 0 aliphatic rings. The summed E-state index contributed by atoms with van der Waals surface area (Å²) in [5, 5.41) is 2.56. The average Bonchev–Trinajstić information content (AvgIpc) is 3.22. The number of anilines is 1. The van der Waals surface area contributed by atoms with Crippen LogP contribution in [-0.2, 0) is 18.7 Å². The number of rotatable bonds is 25. The Balaban J connectivity index is 2.29. The van der Waals surface area contributed by atoms with E-state index in [1.165, 1.54) is 65.1 Å². The fourth-order valence-electron chi connectivity index (χ4n) is 6.52. The number of carbonyl (C=O) groups excluding carboxylic acids is 2. The van der Waals surface area contributed by atoms with Crippen molar-refractivity contribution in [2.45, 2.75) is 125 Å². The van der Waals surface area contributed by atoms with Gasteiger partial charge < -0.3 is 23.4 Å². The molecule has 2 rings (SSSR count). The largest absolute Gasteiger partial charge is 0.497 e. The van der Waals surface area contributed by atoms with Crippen LogP contribution in [0.2, 0.25) is 17.1 Å². The molecule has 1 N–H and O–H groups in total. The molecule has 0 unspecified atom stereocenters. The number of carbonyl (C=O) groups is 2. The number of amides is 1. The summed E-state index contributed by atoms with van der Waals surface area (Å²) in [6, 6.07) is 10.7. The summed E-state index contributed by atoms with van der Waals surface area (Å²) in [6.45, 7) is 7.71. The van der Waals surface area contributed by atoms with Crippen molar-refractivity contribution in [1.29, 1.82) is 0 Å². The first-order valence-corrected chi connectivity index (χ1v) is 22.4. The SMILES string of the molecule is CCOC(=O)/C=C(C)/C=C/C[C@@H](OC(=O)Nc1ccc(OC)cc1)c1ccc(OCCO[Si](CCC(F)(F)C(F)(F)C(F)(F)C(F)(F)C(F)(F)C(F)(F)C(F)(F)C(F)(F)F)(C(C)C)C(C)C)cc1. The number of halogens is 17. The van der Waals surface area contributed by atoms with Gasteiger partial charge in [-0.15, -0.1) is 0 Å². The molecule has 386 valence electrons. The van der Waals surface area contributed by atoms with E-state index in [1.54, 1.807) is 50.3 Å². The molecule has 0 aliphatic heterocycles. The second kappa shape index (κ2) is 22.3. The van der Waals surface area contributed by atoms with E-state index in [1.807, 2.05) is 0 Å². The molecular formula is C42H48F17NO7Si.